The molecule has 0 saturated carbocycles. The minimum atomic E-state index is 0.188. The molecule has 1 aromatic carbocycles. The summed E-state index contributed by atoms with van der Waals surface area (Å²) < 4.78 is 0. The molecule has 74 valence electrons. The highest BCUT2D eigenvalue weighted by Crippen LogP contribution is 2.29. The summed E-state index contributed by atoms with van der Waals surface area (Å²) in [4.78, 5) is 13.4. The van der Waals surface area contributed by atoms with Crippen LogP contribution in [0.1, 0.15) is 18.9 Å². The zero-order valence-electron chi connectivity index (χ0n) is 8.29. The van der Waals surface area contributed by atoms with Gasteiger partial charge in [-0.3, -0.25) is 4.79 Å². The molecule has 0 bridgehead atoms. The predicted octanol–water partition coefficient (Wildman–Crippen LogP) is 1.57. The average molecular weight is 190 g/mol. The number of fused-ring (bicyclic) bond motifs is 1. The molecule has 0 saturated heterocycles. The van der Waals surface area contributed by atoms with Crippen molar-refractivity contribution in [3.8, 4) is 0 Å². The molecule has 2 N–H and O–H groups in total. The number of nitrogen functional groups attached to an aromatic ring is 1. The number of amides is 1. The van der Waals surface area contributed by atoms with Gasteiger partial charge in [0.05, 0.1) is 0 Å². The van der Waals surface area contributed by atoms with Gasteiger partial charge in [-0.15, -0.1) is 0 Å². The van der Waals surface area contributed by atoms with Crippen LogP contribution in [0.2, 0.25) is 0 Å². The number of nitrogens with zero attached hydrogens (tertiary/aromatic N) is 1. The fourth-order valence-corrected chi connectivity index (χ4v) is 1.87. The van der Waals surface area contributed by atoms with E-state index in [4.69, 9.17) is 5.73 Å². The Morgan fingerprint density at radius 2 is 2.36 bits per heavy atom. The van der Waals surface area contributed by atoms with Gasteiger partial charge in [-0.05, 0) is 30.2 Å². The van der Waals surface area contributed by atoms with E-state index < -0.39 is 0 Å². The van der Waals surface area contributed by atoms with Crippen LogP contribution in [-0.4, -0.2) is 12.5 Å². The second-order valence-electron chi connectivity index (χ2n) is 3.54. The van der Waals surface area contributed by atoms with Crippen molar-refractivity contribution in [1.29, 1.82) is 0 Å². The Hall–Kier alpha value is -1.51. The molecule has 2 rings (SSSR count). The third-order valence-corrected chi connectivity index (χ3v) is 2.60. The Morgan fingerprint density at radius 1 is 1.57 bits per heavy atom. The molecule has 0 aliphatic carbocycles. The van der Waals surface area contributed by atoms with E-state index in [2.05, 4.69) is 0 Å². The highest BCUT2D eigenvalue weighted by Gasteiger charge is 2.22. The van der Waals surface area contributed by atoms with Crippen LogP contribution in [-0.2, 0) is 11.2 Å². The maximum atomic E-state index is 11.6. The van der Waals surface area contributed by atoms with Gasteiger partial charge in [0.15, 0.2) is 0 Å². The van der Waals surface area contributed by atoms with E-state index in [1.807, 2.05) is 30.0 Å². The van der Waals surface area contributed by atoms with Crippen molar-refractivity contribution in [1.82, 2.24) is 0 Å². The molecule has 0 fully saturated rings. The van der Waals surface area contributed by atoms with Crippen molar-refractivity contribution >= 4 is 17.3 Å². The van der Waals surface area contributed by atoms with E-state index in [0.717, 1.165) is 24.3 Å². The second-order valence-corrected chi connectivity index (χ2v) is 3.54. The zero-order chi connectivity index (χ0) is 10.1. The van der Waals surface area contributed by atoms with Crippen molar-refractivity contribution in [2.24, 2.45) is 0 Å². The normalized spacial score (nSPS) is 14.2. The summed E-state index contributed by atoms with van der Waals surface area (Å²) in [6.07, 6.45) is 1.48. The van der Waals surface area contributed by atoms with Crippen LogP contribution >= 0.6 is 0 Å². The van der Waals surface area contributed by atoms with Gasteiger partial charge in [0.25, 0.3) is 0 Å². The summed E-state index contributed by atoms with van der Waals surface area (Å²) in [5.41, 5.74) is 8.67. The van der Waals surface area contributed by atoms with Crippen molar-refractivity contribution in [2.45, 2.75) is 19.8 Å². The van der Waals surface area contributed by atoms with Gasteiger partial charge in [0.1, 0.15) is 0 Å². The monoisotopic (exact) mass is 190 g/mol. The first kappa shape index (κ1) is 9.06. The van der Waals surface area contributed by atoms with Crippen LogP contribution in [0.25, 0.3) is 0 Å². The highest BCUT2D eigenvalue weighted by molar-refractivity contribution is 5.95. The molecule has 1 aliphatic heterocycles. The first-order valence-corrected chi connectivity index (χ1v) is 4.91. The van der Waals surface area contributed by atoms with E-state index in [9.17, 15) is 4.79 Å². The lowest BCUT2D eigenvalue weighted by molar-refractivity contribution is -0.118. The van der Waals surface area contributed by atoms with E-state index >= 15 is 0 Å². The molecular weight excluding hydrogens is 176 g/mol. The van der Waals surface area contributed by atoms with Gasteiger partial charge >= 0.3 is 0 Å². The van der Waals surface area contributed by atoms with E-state index in [1.54, 1.807) is 0 Å². The van der Waals surface area contributed by atoms with Crippen LogP contribution in [0.4, 0.5) is 11.4 Å². The summed E-state index contributed by atoms with van der Waals surface area (Å²) in [5, 5.41) is 0. The Labute approximate surface area is 83.5 Å². The van der Waals surface area contributed by atoms with Gasteiger partial charge in [0.2, 0.25) is 5.91 Å². The summed E-state index contributed by atoms with van der Waals surface area (Å²) in [5.74, 6) is 0.188. The molecule has 0 unspecified atom stereocenters. The molecular formula is C11H14N2O. The number of carbonyl (C=O) groups is 1. The minimum Gasteiger partial charge on any atom is -0.399 e. The number of benzene rings is 1. The quantitative estimate of drug-likeness (QED) is 0.683. The molecule has 1 amide bonds. The Bertz CT molecular complexity index is 374. The summed E-state index contributed by atoms with van der Waals surface area (Å²) in [6.45, 7) is 2.68. The number of rotatable bonds is 1. The van der Waals surface area contributed by atoms with Crippen LogP contribution < -0.4 is 10.6 Å². The smallest absolute Gasteiger partial charge is 0.226 e. The van der Waals surface area contributed by atoms with Crippen molar-refractivity contribution in [3.05, 3.63) is 23.8 Å². The fraction of sp³-hybridized carbons (Fsp3) is 0.364. The van der Waals surface area contributed by atoms with E-state index in [1.165, 1.54) is 5.56 Å². The Morgan fingerprint density at radius 3 is 3.07 bits per heavy atom. The number of anilines is 2. The van der Waals surface area contributed by atoms with Gasteiger partial charge in [0, 0.05) is 24.3 Å². The number of nitrogens with two attached hydrogens (primary N) is 1. The zero-order valence-corrected chi connectivity index (χ0v) is 8.29. The van der Waals surface area contributed by atoms with Gasteiger partial charge in [-0.1, -0.05) is 6.92 Å². The van der Waals surface area contributed by atoms with Crippen LogP contribution in [0.15, 0.2) is 18.2 Å². The largest absolute Gasteiger partial charge is 0.399 e. The first-order chi connectivity index (χ1) is 6.72. The Kier molecular flexibility index (Phi) is 2.15. The van der Waals surface area contributed by atoms with Crippen molar-refractivity contribution in [3.63, 3.8) is 0 Å². The molecule has 0 radical (unpaired) electrons. The Balaban J connectivity index is 2.35. The number of carbonyl (C=O) groups excluding carboxylic acids is 1. The predicted molar refractivity (Wildman–Crippen MR) is 57.2 cm³/mol. The molecule has 14 heavy (non-hydrogen) atoms. The summed E-state index contributed by atoms with van der Waals surface area (Å²) in [6, 6.07) is 5.74. The number of hydrogen-bond donors (Lipinski definition) is 1. The number of hydrogen-bond acceptors (Lipinski definition) is 2. The molecule has 1 aliphatic rings. The summed E-state index contributed by atoms with van der Waals surface area (Å²) in [7, 11) is 0. The standard InChI is InChI=1S/C11H14N2O/c1-2-11(14)13-6-5-8-7-9(12)3-4-10(8)13/h3-4,7H,2,5-6,12H2,1H3. The minimum absolute atomic E-state index is 0.188. The maximum Gasteiger partial charge on any atom is 0.226 e. The summed E-state index contributed by atoms with van der Waals surface area (Å²) >= 11 is 0. The van der Waals surface area contributed by atoms with Crippen molar-refractivity contribution in [2.75, 3.05) is 17.2 Å². The van der Waals surface area contributed by atoms with Crippen LogP contribution in [0.5, 0.6) is 0 Å². The van der Waals surface area contributed by atoms with Crippen LogP contribution in [0.3, 0.4) is 0 Å². The maximum absolute atomic E-state index is 11.6. The molecule has 0 spiro atoms. The van der Waals surface area contributed by atoms with Crippen molar-refractivity contribution < 1.29 is 4.79 Å². The third kappa shape index (κ3) is 1.35. The average Bonchev–Trinajstić information content (AvgIpc) is 2.59. The molecule has 3 nitrogen and oxygen atoms in total. The molecule has 1 aromatic rings. The second kappa shape index (κ2) is 3.33. The SMILES string of the molecule is CCC(=O)N1CCc2cc(N)ccc21. The lowest BCUT2D eigenvalue weighted by atomic mass is 10.1. The van der Waals surface area contributed by atoms with E-state index in [0.29, 0.717) is 6.42 Å². The third-order valence-electron chi connectivity index (χ3n) is 2.60. The topological polar surface area (TPSA) is 46.3 Å². The lowest BCUT2D eigenvalue weighted by Gasteiger charge is -2.16. The van der Waals surface area contributed by atoms with Gasteiger partial charge in [-0.2, -0.15) is 0 Å². The molecule has 0 atom stereocenters. The van der Waals surface area contributed by atoms with E-state index in [-0.39, 0.29) is 5.91 Å². The molecule has 3 heteroatoms. The first-order valence-electron chi connectivity index (χ1n) is 4.91. The lowest BCUT2D eigenvalue weighted by Crippen LogP contribution is -2.27. The van der Waals surface area contributed by atoms with Gasteiger partial charge < -0.3 is 10.6 Å². The highest BCUT2D eigenvalue weighted by atomic mass is 16.2. The van der Waals surface area contributed by atoms with Crippen LogP contribution in [0, 0.1) is 0 Å². The fourth-order valence-electron chi connectivity index (χ4n) is 1.87. The molecule has 0 aromatic heterocycles. The van der Waals surface area contributed by atoms with Gasteiger partial charge in [-0.25, -0.2) is 0 Å². The molecule has 1 heterocycles.